The normalized spacial score (nSPS) is 25.4. The molecular formula is C15H20N2OS. The number of nitrogens with one attached hydrogen (secondary N) is 1. The van der Waals surface area contributed by atoms with Crippen LogP contribution in [-0.4, -0.2) is 23.6 Å². The van der Waals surface area contributed by atoms with Crippen molar-refractivity contribution >= 4 is 16.9 Å². The first-order valence-electron chi connectivity index (χ1n) is 7.06. The summed E-state index contributed by atoms with van der Waals surface area (Å²) in [5, 5.41) is 5.38. The number of fused-ring (bicyclic) bond motifs is 1. The third kappa shape index (κ3) is 2.89. The average molecular weight is 276 g/mol. The lowest BCUT2D eigenvalue weighted by Crippen LogP contribution is -2.30. The third-order valence-corrected chi connectivity index (χ3v) is 4.77. The molecule has 1 N–H and O–H groups in total. The van der Waals surface area contributed by atoms with Gasteiger partial charge in [-0.25, -0.2) is 0 Å². The minimum absolute atomic E-state index is 0.344. The standard InChI is InChI=1S/C15H20N2OS/c1-2-5-11-10-16-15(19-11)17-13-8-9-18-14-7-4-3-6-12(13)14/h3-4,6-7,11,13H,2,5,8-10H2,1H3,(H,16,17). The van der Waals surface area contributed by atoms with Crippen LogP contribution in [-0.2, 0) is 0 Å². The predicted molar refractivity (Wildman–Crippen MR) is 81.0 cm³/mol. The molecule has 3 nitrogen and oxygen atoms in total. The van der Waals surface area contributed by atoms with Crippen molar-refractivity contribution in [3.8, 4) is 5.75 Å². The zero-order valence-corrected chi connectivity index (χ0v) is 12.1. The Morgan fingerprint density at radius 2 is 2.32 bits per heavy atom. The third-order valence-electron chi connectivity index (χ3n) is 3.58. The fourth-order valence-electron chi connectivity index (χ4n) is 2.61. The van der Waals surface area contributed by atoms with Crippen molar-refractivity contribution in [1.82, 2.24) is 5.32 Å². The number of ether oxygens (including phenoxy) is 1. The topological polar surface area (TPSA) is 33.6 Å². The summed E-state index contributed by atoms with van der Waals surface area (Å²) in [6, 6.07) is 8.64. The Morgan fingerprint density at radius 1 is 1.42 bits per heavy atom. The number of thioether (sulfide) groups is 1. The van der Waals surface area contributed by atoms with Gasteiger partial charge in [0.15, 0.2) is 5.17 Å². The minimum atomic E-state index is 0.344. The van der Waals surface area contributed by atoms with Crippen LogP contribution in [0.3, 0.4) is 0 Å². The SMILES string of the molecule is CCCC1CN=C(NC2CCOc3ccccc32)S1. The summed E-state index contributed by atoms with van der Waals surface area (Å²) in [6.07, 6.45) is 3.50. The quantitative estimate of drug-likeness (QED) is 0.919. The summed E-state index contributed by atoms with van der Waals surface area (Å²) in [5.74, 6) is 1.01. The van der Waals surface area contributed by atoms with Crippen molar-refractivity contribution in [2.24, 2.45) is 4.99 Å². The van der Waals surface area contributed by atoms with Crippen molar-refractivity contribution in [2.75, 3.05) is 13.2 Å². The van der Waals surface area contributed by atoms with Crippen molar-refractivity contribution in [2.45, 2.75) is 37.5 Å². The molecule has 2 aliphatic rings. The first-order chi connectivity index (χ1) is 9.36. The Hall–Kier alpha value is -1.16. The lowest BCUT2D eigenvalue weighted by atomic mass is 10.0. The van der Waals surface area contributed by atoms with E-state index in [0.29, 0.717) is 11.3 Å². The molecule has 4 heteroatoms. The van der Waals surface area contributed by atoms with Crippen LogP contribution in [0.25, 0.3) is 0 Å². The summed E-state index contributed by atoms with van der Waals surface area (Å²) in [6.45, 7) is 3.98. The zero-order chi connectivity index (χ0) is 13.1. The van der Waals surface area contributed by atoms with Crippen LogP contribution in [0.5, 0.6) is 5.75 Å². The van der Waals surface area contributed by atoms with Crippen LogP contribution in [0.2, 0.25) is 0 Å². The van der Waals surface area contributed by atoms with E-state index in [9.17, 15) is 0 Å². The van der Waals surface area contributed by atoms with Crippen LogP contribution >= 0.6 is 11.8 Å². The number of nitrogens with zero attached hydrogens (tertiary/aromatic N) is 1. The number of hydrogen-bond donors (Lipinski definition) is 1. The van der Waals surface area contributed by atoms with E-state index in [1.54, 1.807) is 0 Å². The maximum absolute atomic E-state index is 5.69. The van der Waals surface area contributed by atoms with Crippen LogP contribution in [0.1, 0.15) is 37.8 Å². The molecule has 2 unspecified atom stereocenters. The van der Waals surface area contributed by atoms with Crippen molar-refractivity contribution in [3.05, 3.63) is 29.8 Å². The van der Waals surface area contributed by atoms with Crippen LogP contribution < -0.4 is 10.1 Å². The Bertz CT molecular complexity index is 475. The van der Waals surface area contributed by atoms with Gasteiger partial charge in [0.2, 0.25) is 0 Å². The Kier molecular flexibility index (Phi) is 3.97. The zero-order valence-electron chi connectivity index (χ0n) is 11.3. The number of aliphatic imine (C=N–C) groups is 1. The van der Waals surface area contributed by atoms with E-state index in [1.165, 1.54) is 18.4 Å². The number of para-hydroxylation sites is 1. The predicted octanol–water partition coefficient (Wildman–Crippen LogP) is 3.37. The van der Waals surface area contributed by atoms with Crippen molar-refractivity contribution in [1.29, 1.82) is 0 Å². The first-order valence-corrected chi connectivity index (χ1v) is 7.94. The molecule has 3 rings (SSSR count). The van der Waals surface area contributed by atoms with Gasteiger partial charge in [0, 0.05) is 17.2 Å². The molecule has 2 aliphatic heterocycles. The highest BCUT2D eigenvalue weighted by atomic mass is 32.2. The maximum Gasteiger partial charge on any atom is 0.157 e. The number of amidine groups is 1. The van der Waals surface area contributed by atoms with Crippen molar-refractivity contribution in [3.63, 3.8) is 0 Å². The summed E-state index contributed by atoms with van der Waals surface area (Å²) in [4.78, 5) is 4.63. The van der Waals surface area contributed by atoms with Crippen molar-refractivity contribution < 1.29 is 4.74 Å². The highest BCUT2D eigenvalue weighted by Crippen LogP contribution is 2.33. The lowest BCUT2D eigenvalue weighted by Gasteiger charge is -2.27. The smallest absolute Gasteiger partial charge is 0.157 e. The Labute approximate surface area is 118 Å². The monoisotopic (exact) mass is 276 g/mol. The molecule has 0 fully saturated rings. The van der Waals surface area contributed by atoms with Gasteiger partial charge < -0.3 is 10.1 Å². The molecule has 1 aromatic carbocycles. The maximum atomic E-state index is 5.69. The molecule has 0 amide bonds. The second-order valence-electron chi connectivity index (χ2n) is 5.05. The van der Waals surface area contributed by atoms with E-state index < -0.39 is 0 Å². The van der Waals surface area contributed by atoms with E-state index in [4.69, 9.17) is 4.74 Å². The van der Waals surface area contributed by atoms with Gasteiger partial charge in [-0.3, -0.25) is 4.99 Å². The fraction of sp³-hybridized carbons (Fsp3) is 0.533. The van der Waals surface area contributed by atoms with Gasteiger partial charge in [0.1, 0.15) is 5.75 Å². The van der Waals surface area contributed by atoms with E-state index >= 15 is 0 Å². The molecule has 19 heavy (non-hydrogen) atoms. The van der Waals surface area contributed by atoms with E-state index in [0.717, 1.165) is 30.5 Å². The molecule has 2 atom stereocenters. The molecule has 0 saturated carbocycles. The highest BCUT2D eigenvalue weighted by Gasteiger charge is 2.25. The van der Waals surface area contributed by atoms with Gasteiger partial charge in [0.05, 0.1) is 19.2 Å². The van der Waals surface area contributed by atoms with Crippen LogP contribution in [0.4, 0.5) is 0 Å². The van der Waals surface area contributed by atoms with Gasteiger partial charge in [0.25, 0.3) is 0 Å². The van der Waals surface area contributed by atoms with E-state index in [2.05, 4.69) is 29.4 Å². The van der Waals surface area contributed by atoms with Gasteiger partial charge >= 0.3 is 0 Å². The molecule has 1 aromatic rings. The second kappa shape index (κ2) is 5.87. The average Bonchev–Trinajstić information content (AvgIpc) is 2.87. The summed E-state index contributed by atoms with van der Waals surface area (Å²) >= 11 is 1.90. The molecule has 0 saturated heterocycles. The number of hydrogen-bond acceptors (Lipinski definition) is 4. The molecule has 102 valence electrons. The molecule has 0 aromatic heterocycles. The molecule has 0 spiro atoms. The molecule has 0 bridgehead atoms. The lowest BCUT2D eigenvalue weighted by molar-refractivity contribution is 0.262. The Morgan fingerprint density at radius 3 is 3.21 bits per heavy atom. The summed E-state index contributed by atoms with van der Waals surface area (Å²) in [5.41, 5.74) is 1.26. The van der Waals surface area contributed by atoms with E-state index in [1.807, 2.05) is 23.9 Å². The van der Waals surface area contributed by atoms with E-state index in [-0.39, 0.29) is 0 Å². The van der Waals surface area contributed by atoms with Gasteiger partial charge in [-0.15, -0.1) is 0 Å². The molecular weight excluding hydrogens is 256 g/mol. The van der Waals surface area contributed by atoms with Gasteiger partial charge in [-0.05, 0) is 12.5 Å². The number of rotatable bonds is 3. The summed E-state index contributed by atoms with van der Waals surface area (Å²) < 4.78 is 5.69. The molecule has 2 heterocycles. The number of benzene rings is 1. The molecule has 0 radical (unpaired) electrons. The fourth-order valence-corrected chi connectivity index (χ4v) is 3.79. The minimum Gasteiger partial charge on any atom is -0.493 e. The molecule has 0 aliphatic carbocycles. The van der Waals surface area contributed by atoms with Crippen LogP contribution in [0.15, 0.2) is 29.3 Å². The highest BCUT2D eigenvalue weighted by molar-refractivity contribution is 8.14. The first kappa shape index (κ1) is 12.9. The second-order valence-corrected chi connectivity index (χ2v) is 6.34. The Balaban J connectivity index is 1.66. The van der Waals surface area contributed by atoms with Gasteiger partial charge in [-0.1, -0.05) is 43.3 Å². The summed E-state index contributed by atoms with van der Waals surface area (Å²) in [7, 11) is 0. The van der Waals surface area contributed by atoms with Gasteiger partial charge in [-0.2, -0.15) is 0 Å². The largest absolute Gasteiger partial charge is 0.493 e. The van der Waals surface area contributed by atoms with Crippen LogP contribution in [0, 0.1) is 0 Å².